The second-order valence-electron chi connectivity index (χ2n) is 9.08. The summed E-state index contributed by atoms with van der Waals surface area (Å²) in [4.78, 5) is 25.5. The molecule has 7 heteroatoms. The zero-order chi connectivity index (χ0) is 25.5. The van der Waals surface area contributed by atoms with Crippen molar-refractivity contribution in [2.75, 3.05) is 19.4 Å². The molecule has 2 rings (SSSR count). The smallest absolute Gasteiger partial charge is 0.244 e. The molecule has 0 aliphatic rings. The first kappa shape index (κ1) is 28.7. The van der Waals surface area contributed by atoms with Gasteiger partial charge in [0.1, 0.15) is 11.5 Å². The number of carbonyl (C=O) groups is 2. The maximum atomic E-state index is 12.9. The summed E-state index contributed by atoms with van der Waals surface area (Å²) in [5.41, 5.74) is 0.928. The number of Topliss-reactive ketones (excluding diaryl/α,β-unsaturated/α-hetero) is 1. The molecule has 0 spiro atoms. The van der Waals surface area contributed by atoms with E-state index < -0.39 is 0 Å². The molecule has 0 aliphatic carbocycles. The van der Waals surface area contributed by atoms with Crippen LogP contribution in [-0.4, -0.2) is 43.2 Å². The van der Waals surface area contributed by atoms with Crippen molar-refractivity contribution in [3.63, 3.8) is 0 Å². The molecule has 0 radical (unpaired) electrons. The van der Waals surface area contributed by atoms with Gasteiger partial charge in [0.25, 0.3) is 0 Å². The minimum absolute atomic E-state index is 0.0595. The molecule has 2 aromatic rings. The Balaban J connectivity index is 1.90. The van der Waals surface area contributed by atoms with Crippen LogP contribution in [0.15, 0.2) is 53.2 Å². The van der Waals surface area contributed by atoms with Crippen molar-refractivity contribution in [1.82, 2.24) is 10.6 Å². The molecule has 2 atom stereocenters. The van der Waals surface area contributed by atoms with Crippen LogP contribution in [0.3, 0.4) is 0 Å². The fourth-order valence-corrected chi connectivity index (χ4v) is 4.59. The zero-order valence-corrected chi connectivity index (χ0v) is 22.2. The van der Waals surface area contributed by atoms with E-state index >= 15 is 0 Å². The van der Waals surface area contributed by atoms with E-state index in [-0.39, 0.29) is 23.8 Å². The maximum absolute atomic E-state index is 12.9. The lowest BCUT2D eigenvalue weighted by Gasteiger charge is -2.24. The van der Waals surface area contributed by atoms with Crippen molar-refractivity contribution in [2.24, 2.45) is 5.92 Å². The minimum Gasteiger partial charge on any atom is -0.497 e. The minimum atomic E-state index is -0.208. The zero-order valence-electron chi connectivity index (χ0n) is 21.4. The number of carbonyl (C=O) groups excluding carboxylic acids is 2. The van der Waals surface area contributed by atoms with Crippen molar-refractivity contribution < 1.29 is 18.7 Å². The van der Waals surface area contributed by atoms with E-state index in [2.05, 4.69) is 31.4 Å². The van der Waals surface area contributed by atoms with Crippen molar-refractivity contribution >= 4 is 29.5 Å². The molecule has 192 valence electrons. The van der Waals surface area contributed by atoms with E-state index in [0.29, 0.717) is 24.0 Å². The van der Waals surface area contributed by atoms with Crippen LogP contribution >= 0.6 is 11.8 Å². The van der Waals surface area contributed by atoms with E-state index in [9.17, 15) is 9.59 Å². The standard InChI is InChI=1S/C28H40N2O4S/c1-5-6-9-26(27(31)20-35-19-25-8-7-16-34-25)29-18-23(17-21(2)3)30-28(32)15-12-22-10-13-24(33-4)14-11-22/h7-8,10-16,21,23,26,29H,5-6,9,17-20H2,1-4H3,(H,30,32)/b15-12+. The van der Waals surface area contributed by atoms with Crippen LogP contribution in [0.1, 0.15) is 57.8 Å². The maximum Gasteiger partial charge on any atom is 0.244 e. The van der Waals surface area contributed by atoms with Gasteiger partial charge in [0.15, 0.2) is 5.78 Å². The van der Waals surface area contributed by atoms with E-state index in [1.54, 1.807) is 37.3 Å². The Kier molecular flexibility index (Phi) is 13.3. The molecule has 0 saturated carbocycles. The highest BCUT2D eigenvalue weighted by Crippen LogP contribution is 2.15. The van der Waals surface area contributed by atoms with Crippen LogP contribution in [0.25, 0.3) is 6.08 Å². The van der Waals surface area contributed by atoms with Gasteiger partial charge in [-0.1, -0.05) is 45.7 Å². The number of rotatable bonds is 17. The molecule has 2 unspecified atom stereocenters. The number of hydrogen-bond acceptors (Lipinski definition) is 6. The summed E-state index contributed by atoms with van der Waals surface area (Å²) >= 11 is 1.57. The highest BCUT2D eigenvalue weighted by Gasteiger charge is 2.20. The van der Waals surface area contributed by atoms with E-state index in [1.807, 2.05) is 36.4 Å². The Morgan fingerprint density at radius 2 is 1.94 bits per heavy atom. The molecule has 1 aromatic carbocycles. The summed E-state index contributed by atoms with van der Waals surface area (Å²) < 4.78 is 10.5. The SMILES string of the molecule is CCCCC(NCC(CC(C)C)NC(=O)/C=C/c1ccc(OC)cc1)C(=O)CSCc1ccco1. The number of ether oxygens (including phenoxy) is 1. The lowest BCUT2D eigenvalue weighted by Crippen LogP contribution is -2.47. The van der Waals surface area contributed by atoms with Crippen molar-refractivity contribution in [3.8, 4) is 5.75 Å². The van der Waals surface area contributed by atoms with Crippen LogP contribution in [0.2, 0.25) is 0 Å². The van der Waals surface area contributed by atoms with E-state index in [0.717, 1.165) is 42.8 Å². The number of thioether (sulfide) groups is 1. The first-order valence-corrected chi connectivity index (χ1v) is 13.6. The molecular formula is C28H40N2O4S. The van der Waals surface area contributed by atoms with Gasteiger partial charge < -0.3 is 19.8 Å². The number of nitrogens with one attached hydrogen (secondary N) is 2. The predicted molar refractivity (Wildman–Crippen MR) is 145 cm³/mol. The summed E-state index contributed by atoms with van der Waals surface area (Å²) in [6.45, 7) is 6.96. The summed E-state index contributed by atoms with van der Waals surface area (Å²) in [6.07, 6.45) is 8.65. The highest BCUT2D eigenvalue weighted by molar-refractivity contribution is 7.99. The summed E-state index contributed by atoms with van der Waals surface area (Å²) in [5.74, 6) is 3.26. The molecule has 6 nitrogen and oxygen atoms in total. The van der Waals surface area contributed by atoms with Crippen molar-refractivity contribution in [1.29, 1.82) is 0 Å². The van der Waals surface area contributed by atoms with Crippen LogP contribution in [0, 0.1) is 5.92 Å². The summed E-state index contributed by atoms with van der Waals surface area (Å²) in [5, 5.41) is 6.57. The number of methoxy groups -OCH3 is 1. The lowest BCUT2D eigenvalue weighted by molar-refractivity contribution is -0.118. The topological polar surface area (TPSA) is 80.6 Å². The molecule has 1 heterocycles. The Bertz CT molecular complexity index is 894. The highest BCUT2D eigenvalue weighted by atomic mass is 32.2. The van der Waals surface area contributed by atoms with Crippen molar-refractivity contribution in [2.45, 2.75) is 64.3 Å². The number of ketones is 1. The molecule has 1 amide bonds. The van der Waals surface area contributed by atoms with Crippen molar-refractivity contribution in [3.05, 3.63) is 60.1 Å². The van der Waals surface area contributed by atoms with Crippen LogP contribution in [0.4, 0.5) is 0 Å². The molecular weight excluding hydrogens is 460 g/mol. The second kappa shape index (κ2) is 16.2. The fraction of sp³-hybridized carbons (Fsp3) is 0.500. The van der Waals surface area contributed by atoms with Gasteiger partial charge in [0, 0.05) is 18.7 Å². The lowest BCUT2D eigenvalue weighted by atomic mass is 10.0. The van der Waals surface area contributed by atoms with Gasteiger partial charge in [0.2, 0.25) is 5.91 Å². The number of unbranched alkanes of at least 4 members (excludes halogenated alkanes) is 1. The van der Waals surface area contributed by atoms with Gasteiger partial charge >= 0.3 is 0 Å². The fourth-order valence-electron chi connectivity index (χ4n) is 3.72. The van der Waals surface area contributed by atoms with Crippen LogP contribution in [0.5, 0.6) is 5.75 Å². The van der Waals surface area contributed by atoms with Gasteiger partial charge in [-0.05, 0) is 54.7 Å². The number of furan rings is 1. The Labute approximate surface area is 214 Å². The monoisotopic (exact) mass is 500 g/mol. The predicted octanol–water partition coefficient (Wildman–Crippen LogP) is 5.48. The molecule has 1 aromatic heterocycles. The Morgan fingerprint density at radius 3 is 2.57 bits per heavy atom. The molecule has 0 aliphatic heterocycles. The summed E-state index contributed by atoms with van der Waals surface area (Å²) in [7, 11) is 1.63. The van der Waals surface area contributed by atoms with E-state index in [1.165, 1.54) is 0 Å². The van der Waals surface area contributed by atoms with Gasteiger partial charge in [-0.3, -0.25) is 9.59 Å². The third-order valence-corrected chi connectivity index (χ3v) is 6.54. The first-order valence-electron chi connectivity index (χ1n) is 12.4. The number of benzene rings is 1. The Hall–Kier alpha value is -2.51. The van der Waals surface area contributed by atoms with Gasteiger partial charge in [0.05, 0.1) is 30.9 Å². The van der Waals surface area contributed by atoms with Crippen LogP contribution < -0.4 is 15.4 Å². The first-order chi connectivity index (χ1) is 16.9. The third-order valence-electron chi connectivity index (χ3n) is 5.56. The van der Waals surface area contributed by atoms with E-state index in [4.69, 9.17) is 9.15 Å². The Morgan fingerprint density at radius 1 is 1.17 bits per heavy atom. The van der Waals surface area contributed by atoms with Gasteiger partial charge in [-0.2, -0.15) is 0 Å². The average Bonchev–Trinajstić information content (AvgIpc) is 3.36. The second-order valence-corrected chi connectivity index (χ2v) is 10.1. The molecule has 2 N–H and O–H groups in total. The van der Waals surface area contributed by atoms with Crippen LogP contribution in [-0.2, 0) is 15.3 Å². The molecule has 0 fully saturated rings. The van der Waals surface area contributed by atoms with Gasteiger partial charge in [-0.25, -0.2) is 0 Å². The molecule has 0 bridgehead atoms. The summed E-state index contributed by atoms with van der Waals surface area (Å²) in [6, 6.07) is 11.1. The quantitative estimate of drug-likeness (QED) is 0.280. The molecule has 0 saturated heterocycles. The number of amides is 1. The van der Waals surface area contributed by atoms with Gasteiger partial charge in [-0.15, -0.1) is 11.8 Å². The largest absolute Gasteiger partial charge is 0.497 e. The normalized spacial score (nSPS) is 13.2. The number of hydrogen-bond donors (Lipinski definition) is 2. The molecule has 35 heavy (non-hydrogen) atoms. The third kappa shape index (κ3) is 11.6. The average molecular weight is 501 g/mol.